The van der Waals surface area contributed by atoms with Crippen LogP contribution in [0.5, 0.6) is 0 Å². The number of amides is 1. The number of rotatable bonds is 2. The van der Waals surface area contributed by atoms with Gasteiger partial charge in [0.05, 0.1) is 5.56 Å². The first-order valence-electron chi connectivity index (χ1n) is 6.28. The van der Waals surface area contributed by atoms with Crippen molar-refractivity contribution in [3.63, 3.8) is 0 Å². The Labute approximate surface area is 116 Å². The van der Waals surface area contributed by atoms with Crippen LogP contribution in [0.3, 0.4) is 0 Å². The first-order chi connectivity index (χ1) is 8.61. The zero-order chi connectivity index (χ0) is 13.1. The standard InChI is InChI=1S/C14H18BrNO2/c1-10-4-5-12(13(15)7-10)14(18)16-6-2-3-11(8-16)9-17/h4-5,7,11,17H,2-3,6,8-9H2,1H3. The third kappa shape index (κ3) is 2.93. The van der Waals surface area contributed by atoms with Crippen LogP contribution in [0.2, 0.25) is 0 Å². The van der Waals surface area contributed by atoms with Crippen LogP contribution < -0.4 is 0 Å². The molecule has 1 saturated heterocycles. The number of carbonyl (C=O) groups excluding carboxylic acids is 1. The van der Waals surface area contributed by atoms with E-state index in [1.165, 1.54) is 0 Å². The van der Waals surface area contributed by atoms with Gasteiger partial charge in [0, 0.05) is 24.2 Å². The molecular weight excluding hydrogens is 294 g/mol. The Kier molecular flexibility index (Phi) is 4.40. The van der Waals surface area contributed by atoms with E-state index in [0.29, 0.717) is 12.1 Å². The van der Waals surface area contributed by atoms with Gasteiger partial charge in [0.25, 0.3) is 5.91 Å². The molecule has 0 saturated carbocycles. The first kappa shape index (κ1) is 13.6. The van der Waals surface area contributed by atoms with Crippen molar-refractivity contribution in [3.8, 4) is 0 Å². The number of nitrogens with zero attached hydrogens (tertiary/aromatic N) is 1. The summed E-state index contributed by atoms with van der Waals surface area (Å²) in [5.41, 5.74) is 1.84. The number of piperidine rings is 1. The molecule has 18 heavy (non-hydrogen) atoms. The molecule has 1 aromatic rings. The SMILES string of the molecule is Cc1ccc(C(=O)N2CCCC(CO)C2)c(Br)c1. The van der Waals surface area contributed by atoms with Crippen molar-refractivity contribution >= 4 is 21.8 Å². The van der Waals surface area contributed by atoms with Gasteiger partial charge in [-0.3, -0.25) is 4.79 Å². The van der Waals surface area contributed by atoms with Crippen molar-refractivity contribution in [1.29, 1.82) is 0 Å². The van der Waals surface area contributed by atoms with E-state index in [4.69, 9.17) is 0 Å². The molecule has 1 fully saturated rings. The van der Waals surface area contributed by atoms with Crippen LogP contribution in [0.25, 0.3) is 0 Å². The lowest BCUT2D eigenvalue weighted by molar-refractivity contribution is 0.0620. The van der Waals surface area contributed by atoms with Gasteiger partial charge in [0.15, 0.2) is 0 Å². The molecule has 1 N–H and O–H groups in total. The van der Waals surface area contributed by atoms with Crippen LogP contribution in [-0.2, 0) is 0 Å². The summed E-state index contributed by atoms with van der Waals surface area (Å²) in [5.74, 6) is 0.284. The van der Waals surface area contributed by atoms with Crippen molar-refractivity contribution in [1.82, 2.24) is 4.90 Å². The quantitative estimate of drug-likeness (QED) is 0.912. The Morgan fingerprint density at radius 2 is 2.33 bits per heavy atom. The summed E-state index contributed by atoms with van der Waals surface area (Å²) in [4.78, 5) is 14.3. The molecule has 0 radical (unpaired) electrons. The monoisotopic (exact) mass is 311 g/mol. The number of hydrogen-bond acceptors (Lipinski definition) is 2. The average molecular weight is 312 g/mol. The first-order valence-corrected chi connectivity index (χ1v) is 7.07. The Morgan fingerprint density at radius 3 is 3.00 bits per heavy atom. The lowest BCUT2D eigenvalue weighted by Crippen LogP contribution is -2.41. The van der Waals surface area contributed by atoms with Crippen LogP contribution in [0.1, 0.15) is 28.8 Å². The van der Waals surface area contributed by atoms with Gasteiger partial charge >= 0.3 is 0 Å². The van der Waals surface area contributed by atoms with Gasteiger partial charge in [-0.2, -0.15) is 0 Å². The molecule has 1 aromatic carbocycles. The normalized spacial score (nSPS) is 19.9. The second kappa shape index (κ2) is 5.85. The van der Waals surface area contributed by atoms with Crippen LogP contribution in [0, 0.1) is 12.8 Å². The summed E-state index contributed by atoms with van der Waals surface area (Å²) in [7, 11) is 0. The summed E-state index contributed by atoms with van der Waals surface area (Å²) in [6, 6.07) is 5.77. The molecule has 0 aromatic heterocycles. The molecule has 2 rings (SSSR count). The van der Waals surface area contributed by atoms with Gasteiger partial charge < -0.3 is 10.0 Å². The second-order valence-electron chi connectivity index (χ2n) is 4.93. The number of likely N-dealkylation sites (tertiary alicyclic amines) is 1. The van der Waals surface area contributed by atoms with Crippen LogP contribution in [-0.4, -0.2) is 35.6 Å². The van der Waals surface area contributed by atoms with Crippen LogP contribution in [0.15, 0.2) is 22.7 Å². The number of aliphatic hydroxyl groups is 1. The fourth-order valence-electron chi connectivity index (χ4n) is 2.36. The topological polar surface area (TPSA) is 40.5 Å². The van der Waals surface area contributed by atoms with Gasteiger partial charge in [0.2, 0.25) is 0 Å². The summed E-state index contributed by atoms with van der Waals surface area (Å²) >= 11 is 3.45. The molecule has 1 unspecified atom stereocenters. The number of benzene rings is 1. The van der Waals surface area contributed by atoms with Crippen molar-refractivity contribution in [2.75, 3.05) is 19.7 Å². The van der Waals surface area contributed by atoms with Gasteiger partial charge in [-0.05, 0) is 59.3 Å². The van der Waals surface area contributed by atoms with Gasteiger partial charge in [-0.25, -0.2) is 0 Å². The highest BCUT2D eigenvalue weighted by molar-refractivity contribution is 9.10. The third-order valence-corrected chi connectivity index (χ3v) is 4.08. The van der Waals surface area contributed by atoms with E-state index in [-0.39, 0.29) is 18.4 Å². The summed E-state index contributed by atoms with van der Waals surface area (Å²) in [6.07, 6.45) is 1.98. The van der Waals surface area contributed by atoms with E-state index in [1.54, 1.807) is 0 Å². The number of aryl methyl sites for hydroxylation is 1. The zero-order valence-corrected chi connectivity index (χ0v) is 12.1. The van der Waals surface area contributed by atoms with Crippen molar-refractivity contribution < 1.29 is 9.90 Å². The summed E-state index contributed by atoms with van der Waals surface area (Å²) in [5, 5.41) is 9.20. The fraction of sp³-hybridized carbons (Fsp3) is 0.500. The molecular formula is C14H18BrNO2. The van der Waals surface area contributed by atoms with Gasteiger partial charge in [-0.15, -0.1) is 0 Å². The van der Waals surface area contributed by atoms with Gasteiger partial charge in [0.1, 0.15) is 0 Å². The highest BCUT2D eigenvalue weighted by atomic mass is 79.9. The molecule has 4 heteroatoms. The molecule has 98 valence electrons. The Bertz CT molecular complexity index is 447. The maximum atomic E-state index is 12.4. The highest BCUT2D eigenvalue weighted by Crippen LogP contribution is 2.23. The Hall–Kier alpha value is -0.870. The lowest BCUT2D eigenvalue weighted by atomic mass is 9.98. The summed E-state index contributed by atoms with van der Waals surface area (Å²) < 4.78 is 0.846. The largest absolute Gasteiger partial charge is 0.396 e. The molecule has 1 amide bonds. The smallest absolute Gasteiger partial charge is 0.255 e. The van der Waals surface area contributed by atoms with E-state index in [2.05, 4.69) is 15.9 Å². The minimum absolute atomic E-state index is 0.0556. The van der Waals surface area contributed by atoms with E-state index in [9.17, 15) is 9.90 Å². The van der Waals surface area contributed by atoms with Gasteiger partial charge in [-0.1, -0.05) is 6.07 Å². The predicted octanol–water partition coefficient (Wildman–Crippen LogP) is 2.60. The Morgan fingerprint density at radius 1 is 1.56 bits per heavy atom. The number of aliphatic hydroxyl groups excluding tert-OH is 1. The van der Waals surface area contributed by atoms with Crippen LogP contribution >= 0.6 is 15.9 Å². The molecule has 1 atom stereocenters. The molecule has 3 nitrogen and oxygen atoms in total. The van der Waals surface area contributed by atoms with Crippen molar-refractivity contribution in [3.05, 3.63) is 33.8 Å². The van der Waals surface area contributed by atoms with Crippen molar-refractivity contribution in [2.45, 2.75) is 19.8 Å². The van der Waals surface area contributed by atoms with E-state index < -0.39 is 0 Å². The maximum Gasteiger partial charge on any atom is 0.255 e. The molecule has 1 aliphatic rings. The third-order valence-electron chi connectivity index (χ3n) is 3.42. The zero-order valence-electron chi connectivity index (χ0n) is 10.5. The van der Waals surface area contributed by atoms with E-state index >= 15 is 0 Å². The molecule has 1 heterocycles. The molecule has 0 bridgehead atoms. The molecule has 1 aliphatic heterocycles. The van der Waals surface area contributed by atoms with E-state index in [0.717, 1.165) is 29.4 Å². The minimum atomic E-state index is 0.0556. The average Bonchev–Trinajstić information content (AvgIpc) is 2.38. The Balaban J connectivity index is 2.15. The minimum Gasteiger partial charge on any atom is -0.396 e. The number of halogens is 1. The summed E-state index contributed by atoms with van der Waals surface area (Å²) in [6.45, 7) is 3.62. The predicted molar refractivity (Wildman–Crippen MR) is 74.6 cm³/mol. The van der Waals surface area contributed by atoms with Crippen molar-refractivity contribution in [2.24, 2.45) is 5.92 Å². The highest BCUT2D eigenvalue weighted by Gasteiger charge is 2.24. The maximum absolute atomic E-state index is 12.4. The van der Waals surface area contributed by atoms with E-state index in [1.807, 2.05) is 30.0 Å². The molecule has 0 aliphatic carbocycles. The van der Waals surface area contributed by atoms with Crippen LogP contribution in [0.4, 0.5) is 0 Å². The molecule has 0 spiro atoms. The second-order valence-corrected chi connectivity index (χ2v) is 5.78. The number of carbonyl (C=O) groups is 1. The number of hydrogen-bond donors (Lipinski definition) is 1. The lowest BCUT2D eigenvalue weighted by Gasteiger charge is -2.32. The fourth-order valence-corrected chi connectivity index (χ4v) is 3.03.